The van der Waals surface area contributed by atoms with E-state index in [-0.39, 0.29) is 11.8 Å². The van der Waals surface area contributed by atoms with E-state index in [9.17, 15) is 8.42 Å². The first kappa shape index (κ1) is 10.3. The summed E-state index contributed by atoms with van der Waals surface area (Å²) in [6.07, 6.45) is 1.85. The maximum absolute atomic E-state index is 11.4. The summed E-state index contributed by atoms with van der Waals surface area (Å²) in [6.45, 7) is 2.31. The fourth-order valence-electron chi connectivity index (χ4n) is 1.50. The van der Waals surface area contributed by atoms with Crippen LogP contribution in [0.4, 0.5) is 0 Å². The highest BCUT2D eigenvalue weighted by molar-refractivity contribution is 7.89. The third-order valence-corrected chi connectivity index (χ3v) is 4.50. The SMILES string of the molecule is CCS(=O)(=O)N1CCC[C@@H]1CCl. The first-order valence-electron chi connectivity index (χ1n) is 4.17. The molecule has 0 aliphatic carbocycles. The van der Waals surface area contributed by atoms with Crippen molar-refractivity contribution in [3.63, 3.8) is 0 Å². The van der Waals surface area contributed by atoms with Crippen molar-refractivity contribution >= 4 is 21.6 Å². The van der Waals surface area contributed by atoms with Gasteiger partial charge in [0.25, 0.3) is 0 Å². The van der Waals surface area contributed by atoms with Gasteiger partial charge in [-0.25, -0.2) is 8.42 Å². The second kappa shape index (κ2) is 3.94. The zero-order valence-corrected chi connectivity index (χ0v) is 8.74. The summed E-state index contributed by atoms with van der Waals surface area (Å²) in [5.41, 5.74) is 0. The molecule has 1 rings (SSSR count). The third-order valence-electron chi connectivity index (χ3n) is 2.22. The van der Waals surface area contributed by atoms with Crippen LogP contribution >= 0.6 is 11.6 Å². The summed E-state index contributed by atoms with van der Waals surface area (Å²) in [5, 5.41) is 0. The van der Waals surface area contributed by atoms with Crippen molar-refractivity contribution in [3.8, 4) is 0 Å². The van der Waals surface area contributed by atoms with Crippen LogP contribution in [0.3, 0.4) is 0 Å². The predicted molar refractivity (Wildman–Crippen MR) is 49.9 cm³/mol. The van der Waals surface area contributed by atoms with Crippen LogP contribution in [0.25, 0.3) is 0 Å². The van der Waals surface area contributed by atoms with Gasteiger partial charge in [0.2, 0.25) is 10.0 Å². The van der Waals surface area contributed by atoms with E-state index < -0.39 is 10.0 Å². The largest absolute Gasteiger partial charge is 0.214 e. The lowest BCUT2D eigenvalue weighted by atomic mass is 10.3. The standard InChI is InChI=1S/C7H14ClNO2S/c1-2-12(10,11)9-5-3-4-7(9)6-8/h7H,2-6H2,1H3/t7-/m1/s1. The van der Waals surface area contributed by atoms with Crippen LogP contribution in [-0.4, -0.2) is 36.9 Å². The van der Waals surface area contributed by atoms with Crippen LogP contribution in [-0.2, 0) is 10.0 Å². The van der Waals surface area contributed by atoms with Crippen LogP contribution < -0.4 is 0 Å². The lowest BCUT2D eigenvalue weighted by molar-refractivity contribution is 0.412. The Balaban J connectivity index is 2.74. The highest BCUT2D eigenvalue weighted by Gasteiger charge is 2.31. The second-order valence-corrected chi connectivity index (χ2v) is 5.48. The molecule has 1 heterocycles. The van der Waals surface area contributed by atoms with Crippen LogP contribution in [0.15, 0.2) is 0 Å². The number of alkyl halides is 1. The Bertz CT molecular complexity index is 240. The van der Waals surface area contributed by atoms with Crippen molar-refractivity contribution < 1.29 is 8.42 Å². The van der Waals surface area contributed by atoms with Gasteiger partial charge >= 0.3 is 0 Å². The monoisotopic (exact) mass is 211 g/mol. The van der Waals surface area contributed by atoms with Gasteiger partial charge in [0.05, 0.1) is 5.75 Å². The minimum absolute atomic E-state index is 0.0385. The Kier molecular flexibility index (Phi) is 3.37. The summed E-state index contributed by atoms with van der Waals surface area (Å²) in [4.78, 5) is 0. The summed E-state index contributed by atoms with van der Waals surface area (Å²) in [6, 6.07) is 0.0385. The van der Waals surface area contributed by atoms with E-state index in [1.54, 1.807) is 11.2 Å². The van der Waals surface area contributed by atoms with Gasteiger partial charge in [-0.2, -0.15) is 4.31 Å². The highest BCUT2D eigenvalue weighted by atomic mass is 35.5. The molecular weight excluding hydrogens is 198 g/mol. The van der Waals surface area contributed by atoms with Gasteiger partial charge in [0.15, 0.2) is 0 Å². The number of sulfonamides is 1. The van der Waals surface area contributed by atoms with Crippen LogP contribution in [0.5, 0.6) is 0 Å². The number of nitrogens with zero attached hydrogens (tertiary/aromatic N) is 1. The molecule has 0 radical (unpaired) electrons. The normalized spacial score (nSPS) is 26.3. The Labute approximate surface area is 78.7 Å². The summed E-state index contributed by atoms with van der Waals surface area (Å²) < 4.78 is 24.4. The van der Waals surface area contributed by atoms with E-state index in [4.69, 9.17) is 11.6 Å². The van der Waals surface area contributed by atoms with Gasteiger partial charge in [-0.3, -0.25) is 0 Å². The van der Waals surface area contributed by atoms with Gasteiger partial charge in [-0.15, -0.1) is 11.6 Å². The molecule has 1 aliphatic rings. The van der Waals surface area contributed by atoms with Gasteiger partial charge in [0.1, 0.15) is 0 Å². The molecule has 72 valence electrons. The fourth-order valence-corrected chi connectivity index (χ4v) is 3.27. The highest BCUT2D eigenvalue weighted by Crippen LogP contribution is 2.21. The number of halogens is 1. The lowest BCUT2D eigenvalue weighted by Gasteiger charge is -2.21. The van der Waals surface area contributed by atoms with Crippen molar-refractivity contribution in [3.05, 3.63) is 0 Å². The molecule has 0 bridgehead atoms. The number of rotatable bonds is 3. The fraction of sp³-hybridized carbons (Fsp3) is 1.00. The third kappa shape index (κ3) is 1.92. The zero-order chi connectivity index (χ0) is 9.19. The maximum Gasteiger partial charge on any atom is 0.214 e. The van der Waals surface area contributed by atoms with Gasteiger partial charge in [0, 0.05) is 18.5 Å². The smallest absolute Gasteiger partial charge is 0.212 e. The van der Waals surface area contributed by atoms with E-state index in [1.165, 1.54) is 0 Å². The van der Waals surface area contributed by atoms with E-state index in [0.29, 0.717) is 12.4 Å². The molecule has 1 fully saturated rings. The molecule has 1 atom stereocenters. The van der Waals surface area contributed by atoms with Gasteiger partial charge < -0.3 is 0 Å². The molecular formula is C7H14ClNO2S. The minimum atomic E-state index is -3.01. The Morgan fingerprint density at radius 1 is 1.58 bits per heavy atom. The van der Waals surface area contributed by atoms with E-state index in [1.807, 2.05) is 0 Å². The van der Waals surface area contributed by atoms with Crippen molar-refractivity contribution in [2.75, 3.05) is 18.2 Å². The predicted octanol–water partition coefficient (Wildman–Crippen LogP) is 1.04. The quantitative estimate of drug-likeness (QED) is 0.655. The van der Waals surface area contributed by atoms with Gasteiger partial charge in [-0.05, 0) is 19.8 Å². The first-order chi connectivity index (χ1) is 5.61. The molecule has 12 heavy (non-hydrogen) atoms. The van der Waals surface area contributed by atoms with Crippen molar-refractivity contribution in [2.24, 2.45) is 0 Å². The molecule has 0 N–H and O–H groups in total. The van der Waals surface area contributed by atoms with Gasteiger partial charge in [-0.1, -0.05) is 0 Å². The summed E-state index contributed by atoms with van der Waals surface area (Å²) >= 11 is 5.66. The molecule has 3 nitrogen and oxygen atoms in total. The van der Waals surface area contributed by atoms with Crippen molar-refractivity contribution in [2.45, 2.75) is 25.8 Å². The van der Waals surface area contributed by atoms with E-state index in [2.05, 4.69) is 0 Å². The lowest BCUT2D eigenvalue weighted by Crippen LogP contribution is -2.37. The maximum atomic E-state index is 11.4. The molecule has 0 unspecified atom stereocenters. The number of hydrogen-bond donors (Lipinski definition) is 0. The Morgan fingerprint density at radius 3 is 2.75 bits per heavy atom. The molecule has 1 aliphatic heterocycles. The topological polar surface area (TPSA) is 37.4 Å². The molecule has 0 aromatic carbocycles. The molecule has 1 saturated heterocycles. The molecule has 0 aromatic rings. The zero-order valence-electron chi connectivity index (χ0n) is 7.16. The number of hydrogen-bond acceptors (Lipinski definition) is 2. The molecule has 0 aromatic heterocycles. The Morgan fingerprint density at radius 2 is 2.25 bits per heavy atom. The molecule has 0 amide bonds. The Hall–Kier alpha value is 0.200. The molecule has 0 spiro atoms. The van der Waals surface area contributed by atoms with Crippen molar-refractivity contribution in [1.82, 2.24) is 4.31 Å². The van der Waals surface area contributed by atoms with Crippen molar-refractivity contribution in [1.29, 1.82) is 0 Å². The summed E-state index contributed by atoms with van der Waals surface area (Å²) in [7, 11) is -3.01. The van der Waals surface area contributed by atoms with Crippen LogP contribution in [0.2, 0.25) is 0 Å². The van der Waals surface area contributed by atoms with Crippen LogP contribution in [0.1, 0.15) is 19.8 Å². The molecule has 0 saturated carbocycles. The minimum Gasteiger partial charge on any atom is -0.212 e. The molecule has 5 heteroatoms. The van der Waals surface area contributed by atoms with Crippen LogP contribution in [0, 0.1) is 0 Å². The second-order valence-electron chi connectivity index (χ2n) is 2.96. The average molecular weight is 212 g/mol. The first-order valence-corrected chi connectivity index (χ1v) is 6.31. The van der Waals surface area contributed by atoms with E-state index in [0.717, 1.165) is 12.8 Å². The summed E-state index contributed by atoms with van der Waals surface area (Å²) in [5.74, 6) is 0.597. The average Bonchev–Trinajstić information content (AvgIpc) is 2.52. The van der Waals surface area contributed by atoms with E-state index >= 15 is 0 Å².